The number of carbonyl (C=O) groups excluding carboxylic acids is 1. The molecule has 0 radical (unpaired) electrons. The van der Waals surface area contributed by atoms with Crippen LogP contribution in [0.1, 0.15) is 78.1 Å². The van der Waals surface area contributed by atoms with Crippen LogP contribution >= 0.6 is 0 Å². The van der Waals surface area contributed by atoms with Gasteiger partial charge in [0.1, 0.15) is 16.9 Å². The van der Waals surface area contributed by atoms with E-state index in [2.05, 4.69) is 56.5 Å². The molecule has 5 aromatic rings. The molecule has 0 aliphatic carbocycles. The molecular formula is C42H54N6O5. The van der Waals surface area contributed by atoms with E-state index < -0.39 is 5.41 Å². The van der Waals surface area contributed by atoms with Crippen molar-refractivity contribution in [2.24, 2.45) is 11.3 Å². The standard InChI is InChI=1S/C42H54N6O5/c1-28-27-48(22-19-42(28,5)32-25-29(26-44-39(32)50)30-14-10-20-43-40(30)51-7)35(49)16-11-23-52-24-17-34-45-36-31-13-8-9-15-33(31)53-37(36)38(46-34)47(6)21-12-18-41(2,3)4/h8-10,13-15,20,25-26,28H,11-12,16-19,21-24,27H2,1-7H3,(H,44,50). The number of methoxy groups -OCH3 is 1. The van der Waals surface area contributed by atoms with Gasteiger partial charge in [0.15, 0.2) is 11.4 Å². The van der Waals surface area contributed by atoms with Crippen molar-refractivity contribution in [3.05, 3.63) is 76.6 Å². The van der Waals surface area contributed by atoms with Crippen molar-refractivity contribution in [2.75, 3.05) is 51.9 Å². The van der Waals surface area contributed by atoms with Crippen LogP contribution in [0.4, 0.5) is 5.82 Å². The predicted octanol–water partition coefficient (Wildman–Crippen LogP) is 7.56. The van der Waals surface area contributed by atoms with Crippen molar-refractivity contribution >= 4 is 33.8 Å². The van der Waals surface area contributed by atoms with E-state index in [1.54, 1.807) is 19.5 Å². The number of amides is 1. The number of aromatic amines is 1. The topological polar surface area (TPSA) is 127 Å². The first-order valence-electron chi connectivity index (χ1n) is 18.9. The van der Waals surface area contributed by atoms with Crippen LogP contribution in [0.3, 0.4) is 0 Å². The minimum Gasteiger partial charge on any atom is -0.481 e. The zero-order valence-corrected chi connectivity index (χ0v) is 32.3. The Kier molecular flexibility index (Phi) is 11.5. The first kappa shape index (κ1) is 38.0. The normalized spacial score (nSPS) is 17.8. The Balaban J connectivity index is 1.02. The number of para-hydroxylation sites is 1. The van der Waals surface area contributed by atoms with Crippen molar-refractivity contribution in [3.63, 3.8) is 0 Å². The molecule has 0 bridgehead atoms. The van der Waals surface area contributed by atoms with Crippen LogP contribution in [0.2, 0.25) is 0 Å². The van der Waals surface area contributed by atoms with E-state index >= 15 is 0 Å². The number of fused-ring (bicyclic) bond motifs is 3. The number of H-pyrrole nitrogens is 1. The maximum atomic E-state index is 13.3. The van der Waals surface area contributed by atoms with Gasteiger partial charge in [0.2, 0.25) is 11.8 Å². The zero-order valence-electron chi connectivity index (χ0n) is 32.3. The number of nitrogens with one attached hydrogen (secondary N) is 1. The number of carbonyl (C=O) groups is 1. The Bertz CT molecular complexity index is 2100. The predicted molar refractivity (Wildman–Crippen MR) is 210 cm³/mol. The number of piperidine rings is 1. The minimum atomic E-state index is -0.395. The second kappa shape index (κ2) is 16.1. The number of aromatic nitrogens is 4. The molecule has 0 saturated carbocycles. The lowest BCUT2D eigenvalue weighted by Gasteiger charge is -2.44. The van der Waals surface area contributed by atoms with Crippen molar-refractivity contribution in [1.82, 2.24) is 24.8 Å². The molecule has 1 aromatic carbocycles. The lowest BCUT2D eigenvalue weighted by atomic mass is 9.68. The Morgan fingerprint density at radius 1 is 1.13 bits per heavy atom. The summed E-state index contributed by atoms with van der Waals surface area (Å²) in [5.74, 6) is 2.22. The first-order valence-corrected chi connectivity index (χ1v) is 18.9. The molecule has 1 amide bonds. The molecular weight excluding hydrogens is 668 g/mol. The van der Waals surface area contributed by atoms with Crippen LogP contribution in [-0.2, 0) is 21.4 Å². The molecule has 1 fully saturated rings. The molecule has 11 nitrogen and oxygen atoms in total. The van der Waals surface area contributed by atoms with Crippen LogP contribution in [0.15, 0.2) is 64.1 Å². The number of hydrogen-bond donors (Lipinski definition) is 1. The van der Waals surface area contributed by atoms with Gasteiger partial charge in [0.05, 0.1) is 13.7 Å². The second-order valence-corrected chi connectivity index (χ2v) is 15.9. The van der Waals surface area contributed by atoms with Gasteiger partial charge < -0.3 is 28.7 Å². The highest BCUT2D eigenvalue weighted by molar-refractivity contribution is 6.05. The number of likely N-dealkylation sites (tertiary alicyclic amines) is 1. The highest BCUT2D eigenvalue weighted by Crippen LogP contribution is 2.40. The van der Waals surface area contributed by atoms with Gasteiger partial charge in [-0.15, -0.1) is 0 Å². The van der Waals surface area contributed by atoms with Gasteiger partial charge in [-0.2, -0.15) is 0 Å². The van der Waals surface area contributed by atoms with Crippen molar-refractivity contribution in [1.29, 1.82) is 0 Å². The van der Waals surface area contributed by atoms with Crippen molar-refractivity contribution < 1.29 is 18.7 Å². The smallest absolute Gasteiger partial charge is 0.251 e. The SMILES string of the molecule is COc1ncccc1-c1c[nH]c(=O)c(C2(C)CCN(C(=O)CCCOCCc3nc(N(C)CCCC(C)(C)C)c4oc5ccccc5c4n3)CC2C)c1. The van der Waals surface area contributed by atoms with E-state index in [-0.39, 0.29) is 22.8 Å². The van der Waals surface area contributed by atoms with Gasteiger partial charge in [-0.25, -0.2) is 15.0 Å². The number of ether oxygens (including phenoxy) is 2. The summed E-state index contributed by atoms with van der Waals surface area (Å²) in [7, 11) is 3.65. The fraction of sp³-hybridized carbons (Fsp3) is 0.500. The second-order valence-electron chi connectivity index (χ2n) is 15.9. The quantitative estimate of drug-likeness (QED) is 0.116. The summed E-state index contributed by atoms with van der Waals surface area (Å²) in [4.78, 5) is 47.7. The highest BCUT2D eigenvalue weighted by atomic mass is 16.5. The van der Waals surface area contributed by atoms with Crippen molar-refractivity contribution in [3.8, 4) is 17.0 Å². The summed E-state index contributed by atoms with van der Waals surface area (Å²) in [6.07, 6.45) is 7.84. The van der Waals surface area contributed by atoms with Crippen molar-refractivity contribution in [2.45, 2.75) is 78.6 Å². The number of furan rings is 1. The fourth-order valence-corrected chi connectivity index (χ4v) is 7.39. The van der Waals surface area contributed by atoms with Crippen LogP contribution < -0.4 is 15.2 Å². The molecule has 4 aromatic heterocycles. The Labute approximate surface area is 312 Å². The molecule has 1 aliphatic heterocycles. The molecule has 1 N–H and O–H groups in total. The van der Waals surface area contributed by atoms with E-state index in [0.717, 1.165) is 58.4 Å². The maximum Gasteiger partial charge on any atom is 0.251 e. The molecule has 2 unspecified atom stereocenters. The van der Waals surface area contributed by atoms with Gasteiger partial charge in [-0.3, -0.25) is 9.59 Å². The molecule has 282 valence electrons. The van der Waals surface area contributed by atoms with E-state index in [9.17, 15) is 9.59 Å². The molecule has 53 heavy (non-hydrogen) atoms. The molecule has 0 spiro atoms. The fourth-order valence-electron chi connectivity index (χ4n) is 7.39. The highest BCUT2D eigenvalue weighted by Gasteiger charge is 2.41. The number of anilines is 1. The van der Waals surface area contributed by atoms with Gasteiger partial charge in [-0.1, -0.05) is 46.8 Å². The average molecular weight is 723 g/mol. The van der Waals surface area contributed by atoms with Gasteiger partial charge in [0, 0.05) is 86.0 Å². The third-order valence-electron chi connectivity index (χ3n) is 10.8. The summed E-state index contributed by atoms with van der Waals surface area (Å²) in [5.41, 5.74) is 4.50. The van der Waals surface area contributed by atoms with E-state index in [0.29, 0.717) is 69.3 Å². The molecule has 6 rings (SSSR count). The van der Waals surface area contributed by atoms with E-state index in [4.69, 9.17) is 23.9 Å². The lowest BCUT2D eigenvalue weighted by Crippen LogP contribution is -2.51. The molecule has 5 heterocycles. The Morgan fingerprint density at radius 2 is 1.94 bits per heavy atom. The van der Waals surface area contributed by atoms with Gasteiger partial charge in [-0.05, 0) is 67.3 Å². The van der Waals surface area contributed by atoms with Crippen LogP contribution in [0.5, 0.6) is 5.88 Å². The molecule has 1 saturated heterocycles. The summed E-state index contributed by atoms with van der Waals surface area (Å²) in [5, 5.41) is 0.980. The number of pyridine rings is 2. The average Bonchev–Trinajstić information content (AvgIpc) is 3.52. The van der Waals surface area contributed by atoms with Gasteiger partial charge >= 0.3 is 0 Å². The summed E-state index contributed by atoms with van der Waals surface area (Å²) in [6, 6.07) is 13.7. The minimum absolute atomic E-state index is 0.0794. The molecule has 2 atom stereocenters. The summed E-state index contributed by atoms with van der Waals surface area (Å²) < 4.78 is 17.7. The number of hydrogen-bond acceptors (Lipinski definition) is 9. The third-order valence-corrected chi connectivity index (χ3v) is 10.8. The van der Waals surface area contributed by atoms with Crippen LogP contribution in [0, 0.1) is 11.3 Å². The number of nitrogens with zero attached hydrogens (tertiary/aromatic N) is 5. The lowest BCUT2D eigenvalue weighted by molar-refractivity contribution is -0.134. The van der Waals surface area contributed by atoms with E-state index in [1.807, 2.05) is 47.4 Å². The molecule has 1 aliphatic rings. The number of rotatable bonds is 14. The van der Waals surface area contributed by atoms with Crippen LogP contribution in [0.25, 0.3) is 33.2 Å². The Hall–Kier alpha value is -4.77. The zero-order chi connectivity index (χ0) is 37.8. The summed E-state index contributed by atoms with van der Waals surface area (Å²) >= 11 is 0. The largest absolute Gasteiger partial charge is 0.481 e. The maximum absolute atomic E-state index is 13.3. The Morgan fingerprint density at radius 3 is 2.72 bits per heavy atom. The number of benzene rings is 1. The van der Waals surface area contributed by atoms with Crippen LogP contribution in [-0.4, -0.2) is 77.7 Å². The third kappa shape index (κ3) is 8.56. The van der Waals surface area contributed by atoms with E-state index in [1.165, 1.54) is 0 Å². The van der Waals surface area contributed by atoms with Gasteiger partial charge in [0.25, 0.3) is 5.56 Å². The first-order chi connectivity index (χ1) is 25.4. The summed E-state index contributed by atoms with van der Waals surface area (Å²) in [6.45, 7) is 14.0. The molecule has 11 heteroatoms. The monoisotopic (exact) mass is 722 g/mol.